The maximum Gasteiger partial charge on any atom is 0.240 e. The highest BCUT2D eigenvalue weighted by Gasteiger charge is 2.17. The highest BCUT2D eigenvalue weighted by Crippen LogP contribution is 2.24. The summed E-state index contributed by atoms with van der Waals surface area (Å²) in [5, 5.41) is 0.628. The van der Waals surface area contributed by atoms with Gasteiger partial charge in [-0.2, -0.15) is 0 Å². The van der Waals surface area contributed by atoms with Crippen LogP contribution in [0.25, 0.3) is 0 Å². The summed E-state index contributed by atoms with van der Waals surface area (Å²) in [6.45, 7) is 9.44. The van der Waals surface area contributed by atoms with E-state index in [1.165, 1.54) is 12.1 Å². The fourth-order valence-electron chi connectivity index (χ4n) is 2.83. The Kier molecular flexibility index (Phi) is 7.68. The van der Waals surface area contributed by atoms with Crippen LogP contribution in [0.2, 0.25) is 5.02 Å². The molecule has 27 heavy (non-hydrogen) atoms. The van der Waals surface area contributed by atoms with Crippen LogP contribution in [0.4, 0.5) is 0 Å². The molecule has 0 fully saturated rings. The van der Waals surface area contributed by atoms with E-state index in [1.54, 1.807) is 36.4 Å². The van der Waals surface area contributed by atoms with Crippen molar-refractivity contribution in [2.75, 3.05) is 13.1 Å². The molecule has 0 aliphatic heterocycles. The van der Waals surface area contributed by atoms with Crippen molar-refractivity contribution < 1.29 is 13.2 Å². The van der Waals surface area contributed by atoms with Gasteiger partial charge in [0.25, 0.3) is 0 Å². The van der Waals surface area contributed by atoms with Gasteiger partial charge in [-0.05, 0) is 76.2 Å². The van der Waals surface area contributed by atoms with Crippen molar-refractivity contribution in [1.29, 1.82) is 0 Å². The van der Waals surface area contributed by atoms with Crippen LogP contribution in [0, 0.1) is 0 Å². The predicted octanol–water partition coefficient (Wildman–Crippen LogP) is 4.53. The van der Waals surface area contributed by atoms with Crippen LogP contribution in [-0.2, 0) is 10.0 Å². The van der Waals surface area contributed by atoms with Crippen LogP contribution in [0.15, 0.2) is 53.4 Å². The van der Waals surface area contributed by atoms with E-state index in [1.807, 2.05) is 0 Å². The summed E-state index contributed by atoms with van der Waals surface area (Å²) in [7, 11) is -3.55. The highest BCUT2D eigenvalue weighted by atomic mass is 35.5. The van der Waals surface area contributed by atoms with E-state index < -0.39 is 10.0 Å². The highest BCUT2D eigenvalue weighted by molar-refractivity contribution is 7.89. The van der Waals surface area contributed by atoms with Gasteiger partial charge in [0.1, 0.15) is 11.5 Å². The fraction of sp³-hybridized carbons (Fsp3) is 0.400. The minimum absolute atomic E-state index is 0.214. The van der Waals surface area contributed by atoms with Crippen LogP contribution < -0.4 is 9.46 Å². The van der Waals surface area contributed by atoms with E-state index in [9.17, 15) is 8.42 Å². The van der Waals surface area contributed by atoms with Crippen molar-refractivity contribution in [3.63, 3.8) is 0 Å². The zero-order valence-electron chi connectivity index (χ0n) is 16.1. The van der Waals surface area contributed by atoms with Crippen molar-refractivity contribution in [3.05, 3.63) is 53.6 Å². The summed E-state index contributed by atoms with van der Waals surface area (Å²) >= 11 is 5.85. The Morgan fingerprint density at radius 1 is 0.926 bits per heavy atom. The van der Waals surface area contributed by atoms with E-state index in [4.69, 9.17) is 16.3 Å². The molecule has 0 radical (unpaired) electrons. The van der Waals surface area contributed by atoms with Crippen molar-refractivity contribution in [3.8, 4) is 11.5 Å². The first-order chi connectivity index (χ1) is 12.7. The second-order valence-electron chi connectivity index (χ2n) is 6.85. The van der Waals surface area contributed by atoms with Crippen LogP contribution in [0.1, 0.15) is 27.7 Å². The zero-order chi connectivity index (χ0) is 20.0. The molecule has 0 aromatic heterocycles. The van der Waals surface area contributed by atoms with E-state index in [0.717, 1.165) is 0 Å². The third-order valence-electron chi connectivity index (χ3n) is 4.17. The summed E-state index contributed by atoms with van der Waals surface area (Å²) in [6, 6.07) is 14.0. The largest absolute Gasteiger partial charge is 0.457 e. The lowest BCUT2D eigenvalue weighted by molar-refractivity contribution is 0.179. The number of rotatable bonds is 9. The number of sulfonamides is 1. The zero-order valence-corrected chi connectivity index (χ0v) is 17.7. The monoisotopic (exact) mass is 410 g/mol. The van der Waals surface area contributed by atoms with E-state index >= 15 is 0 Å². The summed E-state index contributed by atoms with van der Waals surface area (Å²) in [5.41, 5.74) is 0. The second kappa shape index (κ2) is 9.55. The van der Waals surface area contributed by atoms with Crippen molar-refractivity contribution in [1.82, 2.24) is 9.62 Å². The molecule has 0 amide bonds. The number of benzene rings is 2. The first kappa shape index (κ1) is 21.7. The normalized spacial score (nSPS) is 12.1. The summed E-state index contributed by atoms with van der Waals surface area (Å²) in [4.78, 5) is 2.46. The summed E-state index contributed by atoms with van der Waals surface area (Å²) < 4.78 is 33.3. The van der Waals surface area contributed by atoms with Crippen LogP contribution in [0.3, 0.4) is 0 Å². The molecule has 0 spiro atoms. The quantitative estimate of drug-likeness (QED) is 0.659. The molecule has 1 N–H and O–H groups in total. The summed E-state index contributed by atoms with van der Waals surface area (Å²) in [5.74, 6) is 1.19. The molecule has 2 aromatic rings. The number of halogens is 1. The number of hydrogen-bond donors (Lipinski definition) is 1. The number of nitrogens with zero attached hydrogens (tertiary/aromatic N) is 1. The Labute approximate surface area is 167 Å². The number of hydrogen-bond acceptors (Lipinski definition) is 4. The van der Waals surface area contributed by atoms with E-state index in [0.29, 0.717) is 41.7 Å². The van der Waals surface area contributed by atoms with Gasteiger partial charge in [0.15, 0.2) is 0 Å². The van der Waals surface area contributed by atoms with Crippen LogP contribution in [-0.4, -0.2) is 38.5 Å². The third-order valence-corrected chi connectivity index (χ3v) is 5.90. The fourth-order valence-corrected chi connectivity index (χ4v) is 3.98. The van der Waals surface area contributed by atoms with Gasteiger partial charge in [-0.15, -0.1) is 0 Å². The average molecular weight is 411 g/mol. The first-order valence-electron chi connectivity index (χ1n) is 8.98. The van der Waals surface area contributed by atoms with Crippen molar-refractivity contribution in [2.24, 2.45) is 0 Å². The first-order valence-corrected chi connectivity index (χ1v) is 10.8. The maximum atomic E-state index is 12.5. The third kappa shape index (κ3) is 6.50. The van der Waals surface area contributed by atoms with Crippen LogP contribution in [0.5, 0.6) is 11.5 Å². The SMILES string of the molecule is CC(C)N(CCNS(=O)(=O)c1ccc(Oc2ccc(Cl)cc2)cc1)C(C)C. The van der Waals surface area contributed by atoms with Gasteiger partial charge in [0, 0.05) is 30.2 Å². The molecule has 2 aromatic carbocycles. The van der Waals surface area contributed by atoms with E-state index in [2.05, 4.69) is 37.3 Å². The standard InChI is InChI=1S/C20H27ClN2O3S/c1-15(2)23(16(3)4)14-13-22-27(24,25)20-11-9-19(10-12-20)26-18-7-5-17(21)6-8-18/h5-12,15-16,22H,13-14H2,1-4H3. The molecular weight excluding hydrogens is 384 g/mol. The summed E-state index contributed by atoms with van der Waals surface area (Å²) in [6.07, 6.45) is 0. The minimum atomic E-state index is -3.55. The Hall–Kier alpha value is -1.60. The second-order valence-corrected chi connectivity index (χ2v) is 9.05. The Morgan fingerprint density at radius 2 is 1.41 bits per heavy atom. The van der Waals surface area contributed by atoms with Gasteiger partial charge >= 0.3 is 0 Å². The molecule has 0 saturated heterocycles. The van der Waals surface area contributed by atoms with Crippen LogP contribution >= 0.6 is 11.6 Å². The Balaban J connectivity index is 1.97. The number of ether oxygens (including phenoxy) is 1. The topological polar surface area (TPSA) is 58.6 Å². The Morgan fingerprint density at radius 3 is 1.89 bits per heavy atom. The van der Waals surface area contributed by atoms with Crippen molar-refractivity contribution in [2.45, 2.75) is 44.7 Å². The number of nitrogens with one attached hydrogen (secondary N) is 1. The van der Waals surface area contributed by atoms with E-state index in [-0.39, 0.29) is 4.90 Å². The van der Waals surface area contributed by atoms with Gasteiger partial charge in [0.2, 0.25) is 10.0 Å². The smallest absolute Gasteiger partial charge is 0.240 e. The predicted molar refractivity (Wildman–Crippen MR) is 110 cm³/mol. The maximum absolute atomic E-state index is 12.5. The molecule has 5 nitrogen and oxygen atoms in total. The lowest BCUT2D eigenvalue weighted by Gasteiger charge is -2.30. The lowest BCUT2D eigenvalue weighted by Crippen LogP contribution is -2.42. The molecule has 0 aliphatic rings. The lowest BCUT2D eigenvalue weighted by atomic mass is 10.2. The van der Waals surface area contributed by atoms with Gasteiger partial charge in [-0.25, -0.2) is 13.1 Å². The molecule has 0 bridgehead atoms. The molecule has 2 rings (SSSR count). The molecule has 0 aliphatic carbocycles. The average Bonchev–Trinajstić information content (AvgIpc) is 2.60. The minimum Gasteiger partial charge on any atom is -0.457 e. The van der Waals surface area contributed by atoms with Gasteiger partial charge < -0.3 is 4.74 Å². The molecule has 0 heterocycles. The molecule has 148 valence electrons. The molecule has 0 unspecified atom stereocenters. The molecular formula is C20H27ClN2O3S. The van der Waals surface area contributed by atoms with Gasteiger partial charge in [0.05, 0.1) is 4.90 Å². The molecule has 0 saturated carbocycles. The van der Waals surface area contributed by atoms with Gasteiger partial charge in [-0.1, -0.05) is 11.6 Å². The Bertz CT molecular complexity index is 811. The van der Waals surface area contributed by atoms with Gasteiger partial charge in [-0.3, -0.25) is 4.90 Å². The molecule has 0 atom stereocenters. The molecule has 7 heteroatoms. The van der Waals surface area contributed by atoms with Crippen molar-refractivity contribution >= 4 is 21.6 Å².